The lowest BCUT2D eigenvalue weighted by Gasteiger charge is -2.33. The molecule has 38 heavy (non-hydrogen) atoms. The molecule has 1 saturated heterocycles. The second-order valence-corrected chi connectivity index (χ2v) is 9.80. The van der Waals surface area contributed by atoms with Crippen LogP contribution in [0.1, 0.15) is 16.1 Å². The standard InChI is InChI=1S/C27H30FN9O/c1-34-8-11-36(12-9-34)26-5-3-20(16-30-26)27(38)33-25-14-23-19(15-29-25)2-4-22(32-23)21-17-31-37-13-10-35(7-6-28)18-24(21)37/h2-5,14-17H,6-13,18H2,1H3,(H,29,33,38). The van der Waals surface area contributed by atoms with Crippen molar-refractivity contribution in [1.82, 2.24) is 34.5 Å². The number of carbonyl (C=O) groups excluding carboxylic acids is 1. The van der Waals surface area contributed by atoms with Crippen LogP contribution in [0.15, 0.2) is 48.9 Å². The van der Waals surface area contributed by atoms with Crippen LogP contribution in [0.5, 0.6) is 0 Å². The lowest BCUT2D eigenvalue weighted by Crippen LogP contribution is -2.44. The van der Waals surface area contributed by atoms with E-state index in [2.05, 4.69) is 42.1 Å². The number of nitrogens with zero attached hydrogens (tertiary/aromatic N) is 8. The van der Waals surface area contributed by atoms with Crippen molar-refractivity contribution in [3.8, 4) is 11.3 Å². The number of rotatable bonds is 6. The van der Waals surface area contributed by atoms with Crippen molar-refractivity contribution in [2.75, 3.05) is 63.2 Å². The number of alkyl halides is 1. The first kappa shape index (κ1) is 24.4. The third kappa shape index (κ3) is 4.94. The van der Waals surface area contributed by atoms with Crippen LogP contribution < -0.4 is 10.2 Å². The fraction of sp³-hybridized carbons (Fsp3) is 0.370. The molecule has 1 amide bonds. The molecule has 1 fully saturated rings. The Kier molecular flexibility index (Phi) is 6.69. The van der Waals surface area contributed by atoms with Gasteiger partial charge in [0.05, 0.1) is 35.2 Å². The number of piperazine rings is 1. The van der Waals surface area contributed by atoms with Gasteiger partial charge in [0.2, 0.25) is 0 Å². The predicted molar refractivity (Wildman–Crippen MR) is 144 cm³/mol. The second-order valence-electron chi connectivity index (χ2n) is 9.80. The molecule has 0 aliphatic carbocycles. The summed E-state index contributed by atoms with van der Waals surface area (Å²) in [4.78, 5) is 33.3. The Morgan fingerprint density at radius 1 is 1.00 bits per heavy atom. The lowest BCUT2D eigenvalue weighted by atomic mass is 10.1. The Morgan fingerprint density at radius 2 is 1.87 bits per heavy atom. The summed E-state index contributed by atoms with van der Waals surface area (Å²) in [6.07, 6.45) is 5.13. The fourth-order valence-electron chi connectivity index (χ4n) is 4.99. The van der Waals surface area contributed by atoms with Crippen LogP contribution in [0.3, 0.4) is 0 Å². The summed E-state index contributed by atoms with van der Waals surface area (Å²) in [5.41, 5.74) is 3.94. The van der Waals surface area contributed by atoms with Gasteiger partial charge in [-0.1, -0.05) is 0 Å². The average molecular weight is 516 g/mol. The molecule has 0 bridgehead atoms. The Hall–Kier alpha value is -3.96. The third-order valence-corrected chi connectivity index (χ3v) is 7.28. The first-order chi connectivity index (χ1) is 18.6. The molecule has 1 N–H and O–H groups in total. The van der Waals surface area contributed by atoms with Crippen molar-refractivity contribution < 1.29 is 9.18 Å². The Bertz CT molecular complexity index is 1450. The minimum absolute atomic E-state index is 0.274. The number of anilines is 2. The number of amides is 1. The average Bonchev–Trinajstić information content (AvgIpc) is 3.37. The van der Waals surface area contributed by atoms with Gasteiger partial charge < -0.3 is 15.1 Å². The van der Waals surface area contributed by atoms with Crippen molar-refractivity contribution in [2.24, 2.45) is 0 Å². The molecule has 10 nitrogen and oxygen atoms in total. The molecule has 2 aliphatic rings. The molecule has 0 aromatic carbocycles. The molecule has 2 aliphatic heterocycles. The number of fused-ring (bicyclic) bond motifs is 2. The molecule has 0 unspecified atom stereocenters. The molecule has 0 saturated carbocycles. The van der Waals surface area contributed by atoms with E-state index in [1.807, 2.05) is 29.1 Å². The van der Waals surface area contributed by atoms with Crippen molar-refractivity contribution in [1.29, 1.82) is 0 Å². The van der Waals surface area contributed by atoms with E-state index in [1.54, 1.807) is 24.5 Å². The highest BCUT2D eigenvalue weighted by atomic mass is 19.1. The van der Waals surface area contributed by atoms with Gasteiger partial charge in [-0.25, -0.2) is 19.3 Å². The predicted octanol–water partition coefficient (Wildman–Crippen LogP) is 2.68. The summed E-state index contributed by atoms with van der Waals surface area (Å²) in [7, 11) is 2.11. The highest BCUT2D eigenvalue weighted by Crippen LogP contribution is 2.28. The van der Waals surface area contributed by atoms with Gasteiger partial charge in [-0.05, 0) is 31.3 Å². The van der Waals surface area contributed by atoms with E-state index in [4.69, 9.17) is 4.98 Å². The van der Waals surface area contributed by atoms with Gasteiger partial charge >= 0.3 is 0 Å². The van der Waals surface area contributed by atoms with Crippen molar-refractivity contribution in [3.63, 3.8) is 0 Å². The number of aromatic nitrogens is 5. The third-order valence-electron chi connectivity index (χ3n) is 7.28. The van der Waals surface area contributed by atoms with E-state index in [1.165, 1.54) is 0 Å². The maximum atomic E-state index is 12.9. The fourth-order valence-corrected chi connectivity index (χ4v) is 4.99. The number of carbonyl (C=O) groups is 1. The smallest absolute Gasteiger partial charge is 0.258 e. The zero-order chi connectivity index (χ0) is 26.1. The van der Waals surface area contributed by atoms with Crippen LogP contribution in [-0.4, -0.2) is 93.4 Å². The molecular weight excluding hydrogens is 485 g/mol. The van der Waals surface area contributed by atoms with Crippen molar-refractivity contribution in [3.05, 3.63) is 60.2 Å². The number of hydrogen-bond donors (Lipinski definition) is 1. The van der Waals surface area contributed by atoms with Gasteiger partial charge in [0, 0.05) is 75.2 Å². The summed E-state index contributed by atoms with van der Waals surface area (Å²) in [6, 6.07) is 9.37. The summed E-state index contributed by atoms with van der Waals surface area (Å²) in [6.45, 7) is 6.03. The molecule has 0 radical (unpaired) electrons. The minimum Gasteiger partial charge on any atom is -0.354 e. The zero-order valence-electron chi connectivity index (χ0n) is 21.3. The van der Waals surface area contributed by atoms with Gasteiger partial charge in [0.25, 0.3) is 5.91 Å². The van der Waals surface area contributed by atoms with Crippen LogP contribution in [0.2, 0.25) is 0 Å². The molecule has 11 heteroatoms. The molecular formula is C27H30FN9O. The van der Waals surface area contributed by atoms with E-state index in [0.29, 0.717) is 30.0 Å². The minimum atomic E-state index is -0.365. The molecule has 0 atom stereocenters. The Labute approximate surface area is 220 Å². The molecule has 0 spiro atoms. The number of nitrogens with one attached hydrogen (secondary N) is 1. The first-order valence-corrected chi connectivity index (χ1v) is 12.9. The second kappa shape index (κ2) is 10.4. The maximum Gasteiger partial charge on any atom is 0.258 e. The van der Waals surface area contributed by atoms with Gasteiger partial charge in [0.15, 0.2) is 0 Å². The van der Waals surface area contributed by atoms with Crippen molar-refractivity contribution >= 4 is 28.4 Å². The van der Waals surface area contributed by atoms with E-state index < -0.39 is 0 Å². The molecule has 4 aromatic rings. The summed E-state index contributed by atoms with van der Waals surface area (Å²) in [5, 5.41) is 8.25. The van der Waals surface area contributed by atoms with E-state index in [9.17, 15) is 9.18 Å². The van der Waals surface area contributed by atoms with Gasteiger partial charge in [-0.3, -0.25) is 14.4 Å². The number of halogens is 1. The lowest BCUT2D eigenvalue weighted by molar-refractivity contribution is 0.102. The zero-order valence-corrected chi connectivity index (χ0v) is 21.3. The summed E-state index contributed by atoms with van der Waals surface area (Å²) < 4.78 is 14.9. The topological polar surface area (TPSA) is 95.3 Å². The molecule has 6 heterocycles. The normalized spacial score (nSPS) is 16.5. The Balaban J connectivity index is 1.19. The first-order valence-electron chi connectivity index (χ1n) is 12.9. The molecule has 6 rings (SSSR count). The van der Waals surface area contributed by atoms with Crippen LogP contribution >= 0.6 is 0 Å². The van der Waals surface area contributed by atoms with Crippen LogP contribution in [0.25, 0.3) is 22.2 Å². The maximum absolute atomic E-state index is 12.9. The quantitative estimate of drug-likeness (QED) is 0.419. The van der Waals surface area contributed by atoms with E-state index in [0.717, 1.165) is 67.4 Å². The number of hydrogen-bond acceptors (Lipinski definition) is 8. The summed E-state index contributed by atoms with van der Waals surface area (Å²) >= 11 is 0. The van der Waals surface area contributed by atoms with E-state index >= 15 is 0 Å². The van der Waals surface area contributed by atoms with Crippen LogP contribution in [0.4, 0.5) is 16.0 Å². The van der Waals surface area contributed by atoms with E-state index in [-0.39, 0.29) is 12.6 Å². The monoisotopic (exact) mass is 515 g/mol. The molecule has 196 valence electrons. The van der Waals surface area contributed by atoms with Gasteiger partial charge in [0.1, 0.15) is 18.3 Å². The van der Waals surface area contributed by atoms with Crippen molar-refractivity contribution in [2.45, 2.75) is 13.1 Å². The van der Waals surface area contributed by atoms with Gasteiger partial charge in [-0.15, -0.1) is 0 Å². The molecule has 4 aromatic heterocycles. The highest BCUT2D eigenvalue weighted by molar-refractivity contribution is 6.04. The highest BCUT2D eigenvalue weighted by Gasteiger charge is 2.22. The van der Waals surface area contributed by atoms with Crippen LogP contribution in [0, 0.1) is 0 Å². The van der Waals surface area contributed by atoms with Crippen LogP contribution in [-0.2, 0) is 13.1 Å². The largest absolute Gasteiger partial charge is 0.354 e. The summed E-state index contributed by atoms with van der Waals surface area (Å²) in [5.74, 6) is 1.02. The Morgan fingerprint density at radius 3 is 2.66 bits per heavy atom. The van der Waals surface area contributed by atoms with Gasteiger partial charge in [-0.2, -0.15) is 5.10 Å². The SMILES string of the molecule is CN1CCN(c2ccc(C(=O)Nc3cc4nc(-c5cnn6c5CN(CCF)CC6)ccc4cn3)cn2)CC1. The number of pyridine rings is 3. The number of likely N-dealkylation sites (N-methyl/N-ethyl adjacent to an activating group) is 1.